The molecule has 0 unspecified atom stereocenters. The molecule has 1 aromatic heterocycles. The second-order valence-electron chi connectivity index (χ2n) is 3.74. The Morgan fingerprint density at radius 1 is 1.33 bits per heavy atom. The normalized spacial score (nSPS) is 16.9. The molecule has 0 atom stereocenters. The second-order valence-corrected chi connectivity index (χ2v) is 3.74. The van der Waals surface area contributed by atoms with Crippen LogP contribution in [0.2, 0.25) is 0 Å². The van der Waals surface area contributed by atoms with Gasteiger partial charge in [0, 0.05) is 12.3 Å². The van der Waals surface area contributed by atoms with Crippen LogP contribution in [0.25, 0.3) is 0 Å². The summed E-state index contributed by atoms with van der Waals surface area (Å²) in [6.45, 7) is 4.13. The second kappa shape index (κ2) is 5.93. The van der Waals surface area contributed by atoms with Gasteiger partial charge in [-0.1, -0.05) is 6.07 Å². The lowest BCUT2D eigenvalue weighted by Gasteiger charge is -2.23. The van der Waals surface area contributed by atoms with E-state index in [1.807, 2.05) is 25.3 Å². The third kappa shape index (κ3) is 3.68. The van der Waals surface area contributed by atoms with Gasteiger partial charge in [-0.3, -0.25) is 0 Å². The van der Waals surface area contributed by atoms with E-state index in [0.717, 1.165) is 31.8 Å². The first kappa shape index (κ1) is 12.3. The molecule has 2 heterocycles. The molecule has 3 nitrogen and oxygen atoms in total. The number of ether oxygens (including phenoxy) is 1. The van der Waals surface area contributed by atoms with E-state index in [4.69, 9.17) is 4.74 Å². The molecule has 1 fully saturated rings. The Labute approximate surface area is 96.7 Å². The van der Waals surface area contributed by atoms with Crippen molar-refractivity contribution in [1.29, 1.82) is 0 Å². The molecule has 0 radical (unpaired) electrons. The van der Waals surface area contributed by atoms with Gasteiger partial charge >= 0.3 is 0 Å². The molecule has 1 N–H and O–H groups in total. The van der Waals surface area contributed by atoms with Crippen molar-refractivity contribution in [3.63, 3.8) is 0 Å². The lowest BCUT2D eigenvalue weighted by molar-refractivity contribution is 0.156. The summed E-state index contributed by atoms with van der Waals surface area (Å²) in [5, 5.41) is 3.31. The molecule has 0 saturated carbocycles. The van der Waals surface area contributed by atoms with Crippen LogP contribution in [0.15, 0.2) is 18.3 Å². The average molecular weight is 229 g/mol. The minimum absolute atomic E-state index is 0. The summed E-state index contributed by atoms with van der Waals surface area (Å²) in [6, 6.07) is 3.97. The van der Waals surface area contributed by atoms with E-state index in [9.17, 15) is 0 Å². The van der Waals surface area contributed by atoms with Gasteiger partial charge in [0.05, 0.1) is 0 Å². The molecule has 0 aromatic carbocycles. The van der Waals surface area contributed by atoms with E-state index in [2.05, 4.69) is 10.3 Å². The molecular weight excluding hydrogens is 212 g/mol. The van der Waals surface area contributed by atoms with Crippen molar-refractivity contribution < 1.29 is 4.74 Å². The zero-order chi connectivity index (χ0) is 9.80. The highest BCUT2D eigenvalue weighted by atomic mass is 35.5. The first-order chi connectivity index (χ1) is 6.84. The zero-order valence-corrected chi connectivity index (χ0v) is 9.72. The number of hydrogen-bond acceptors (Lipinski definition) is 3. The number of aromatic nitrogens is 1. The summed E-state index contributed by atoms with van der Waals surface area (Å²) in [4.78, 5) is 4.23. The number of hydrogen-bond donors (Lipinski definition) is 1. The SMILES string of the molecule is Cc1ccc(OC2CCNCC2)nc1.Cl. The Morgan fingerprint density at radius 3 is 2.67 bits per heavy atom. The minimum atomic E-state index is 0. The van der Waals surface area contributed by atoms with Crippen LogP contribution in [-0.2, 0) is 0 Å². The first-order valence-electron chi connectivity index (χ1n) is 5.14. The average Bonchev–Trinajstić information content (AvgIpc) is 2.23. The van der Waals surface area contributed by atoms with Crippen LogP contribution < -0.4 is 10.1 Å². The fourth-order valence-electron chi connectivity index (χ4n) is 1.61. The van der Waals surface area contributed by atoms with E-state index in [-0.39, 0.29) is 12.4 Å². The van der Waals surface area contributed by atoms with Crippen LogP contribution in [0.5, 0.6) is 5.88 Å². The highest BCUT2D eigenvalue weighted by Crippen LogP contribution is 2.13. The molecule has 0 bridgehead atoms. The Hall–Kier alpha value is -0.800. The molecule has 1 aliphatic heterocycles. The molecule has 0 aliphatic carbocycles. The van der Waals surface area contributed by atoms with Crippen molar-refractivity contribution in [2.45, 2.75) is 25.9 Å². The Balaban J connectivity index is 0.00000112. The molecule has 2 rings (SSSR count). The molecule has 15 heavy (non-hydrogen) atoms. The monoisotopic (exact) mass is 228 g/mol. The van der Waals surface area contributed by atoms with Crippen molar-refractivity contribution in [3.8, 4) is 5.88 Å². The third-order valence-electron chi connectivity index (χ3n) is 2.46. The maximum Gasteiger partial charge on any atom is 0.213 e. The van der Waals surface area contributed by atoms with Gasteiger partial charge in [-0.2, -0.15) is 0 Å². The van der Waals surface area contributed by atoms with Crippen molar-refractivity contribution >= 4 is 12.4 Å². The van der Waals surface area contributed by atoms with Crippen LogP contribution in [0.3, 0.4) is 0 Å². The van der Waals surface area contributed by atoms with E-state index in [1.165, 1.54) is 5.56 Å². The number of nitrogens with one attached hydrogen (secondary N) is 1. The van der Waals surface area contributed by atoms with Crippen LogP contribution in [0, 0.1) is 6.92 Å². The van der Waals surface area contributed by atoms with Gasteiger partial charge in [-0.15, -0.1) is 12.4 Å². The summed E-state index contributed by atoms with van der Waals surface area (Å²) in [6.07, 6.45) is 4.34. The fourth-order valence-corrected chi connectivity index (χ4v) is 1.61. The smallest absolute Gasteiger partial charge is 0.213 e. The van der Waals surface area contributed by atoms with Gasteiger partial charge in [0.1, 0.15) is 6.10 Å². The molecule has 0 amide bonds. The predicted octanol–water partition coefficient (Wildman–Crippen LogP) is 1.94. The predicted molar refractivity (Wildman–Crippen MR) is 62.7 cm³/mol. The van der Waals surface area contributed by atoms with E-state index >= 15 is 0 Å². The molecule has 4 heteroatoms. The molecular formula is C11H17ClN2O. The Kier molecular flexibility index (Phi) is 4.85. The largest absolute Gasteiger partial charge is 0.474 e. The molecule has 1 aliphatic rings. The van der Waals surface area contributed by atoms with Gasteiger partial charge in [0.25, 0.3) is 0 Å². The van der Waals surface area contributed by atoms with Crippen LogP contribution >= 0.6 is 12.4 Å². The lowest BCUT2D eigenvalue weighted by Crippen LogP contribution is -2.34. The third-order valence-corrected chi connectivity index (χ3v) is 2.46. The van der Waals surface area contributed by atoms with Gasteiger partial charge in [-0.25, -0.2) is 4.98 Å². The number of rotatable bonds is 2. The van der Waals surface area contributed by atoms with Crippen LogP contribution in [0.4, 0.5) is 0 Å². The van der Waals surface area contributed by atoms with Gasteiger partial charge in [0.2, 0.25) is 5.88 Å². The molecule has 84 valence electrons. The van der Waals surface area contributed by atoms with Crippen molar-refractivity contribution in [3.05, 3.63) is 23.9 Å². The number of aryl methyl sites for hydroxylation is 1. The van der Waals surface area contributed by atoms with E-state index < -0.39 is 0 Å². The molecule has 1 aromatic rings. The summed E-state index contributed by atoms with van der Waals surface area (Å²) >= 11 is 0. The van der Waals surface area contributed by atoms with E-state index in [0.29, 0.717) is 6.10 Å². The molecule has 0 spiro atoms. The standard InChI is InChI=1S/C11H16N2O.ClH/c1-9-2-3-11(13-8-9)14-10-4-6-12-7-5-10;/h2-3,8,10,12H,4-7H2,1H3;1H. The minimum Gasteiger partial charge on any atom is -0.474 e. The summed E-state index contributed by atoms with van der Waals surface area (Å²) in [5.41, 5.74) is 1.17. The van der Waals surface area contributed by atoms with Gasteiger partial charge in [-0.05, 0) is 38.4 Å². The highest BCUT2D eigenvalue weighted by Gasteiger charge is 2.14. The van der Waals surface area contributed by atoms with Gasteiger partial charge < -0.3 is 10.1 Å². The number of piperidine rings is 1. The van der Waals surface area contributed by atoms with Gasteiger partial charge in [0.15, 0.2) is 0 Å². The Morgan fingerprint density at radius 2 is 2.07 bits per heavy atom. The molecule has 1 saturated heterocycles. The number of pyridine rings is 1. The summed E-state index contributed by atoms with van der Waals surface area (Å²) in [7, 11) is 0. The lowest BCUT2D eigenvalue weighted by atomic mass is 10.1. The van der Waals surface area contributed by atoms with Crippen molar-refractivity contribution in [1.82, 2.24) is 10.3 Å². The topological polar surface area (TPSA) is 34.1 Å². The van der Waals surface area contributed by atoms with Crippen LogP contribution in [0.1, 0.15) is 18.4 Å². The van der Waals surface area contributed by atoms with Crippen molar-refractivity contribution in [2.75, 3.05) is 13.1 Å². The maximum absolute atomic E-state index is 5.76. The van der Waals surface area contributed by atoms with Crippen molar-refractivity contribution in [2.24, 2.45) is 0 Å². The van der Waals surface area contributed by atoms with Crippen LogP contribution in [-0.4, -0.2) is 24.2 Å². The zero-order valence-electron chi connectivity index (χ0n) is 8.90. The summed E-state index contributed by atoms with van der Waals surface area (Å²) in [5.74, 6) is 0.752. The number of halogens is 1. The Bertz CT molecular complexity index is 283. The fraction of sp³-hybridized carbons (Fsp3) is 0.545. The summed E-state index contributed by atoms with van der Waals surface area (Å²) < 4.78 is 5.76. The van der Waals surface area contributed by atoms with E-state index in [1.54, 1.807) is 0 Å². The number of nitrogens with zero attached hydrogens (tertiary/aromatic N) is 1. The first-order valence-corrected chi connectivity index (χ1v) is 5.14. The maximum atomic E-state index is 5.76. The quantitative estimate of drug-likeness (QED) is 0.840. The highest BCUT2D eigenvalue weighted by molar-refractivity contribution is 5.85.